The lowest BCUT2D eigenvalue weighted by Gasteiger charge is -2.40. The molecule has 0 radical (unpaired) electrons. The highest BCUT2D eigenvalue weighted by Gasteiger charge is 2.31. The summed E-state index contributed by atoms with van der Waals surface area (Å²) in [4.78, 5) is 4.87. The van der Waals surface area contributed by atoms with Crippen LogP contribution in [0.5, 0.6) is 0 Å². The third-order valence-corrected chi connectivity index (χ3v) is 5.16. The van der Waals surface area contributed by atoms with Crippen LogP contribution in [0.2, 0.25) is 0 Å². The lowest BCUT2D eigenvalue weighted by Crippen LogP contribution is -2.40. The normalized spacial score (nSPS) is 21.4. The molecule has 2 aromatic rings. The van der Waals surface area contributed by atoms with Crippen LogP contribution in [0.25, 0.3) is 0 Å². The predicted octanol–water partition coefficient (Wildman–Crippen LogP) is 2.81. The molecule has 1 aliphatic rings. The quantitative estimate of drug-likeness (QED) is 0.842. The van der Waals surface area contributed by atoms with Gasteiger partial charge >= 0.3 is 0 Å². The number of benzene rings is 1. The lowest BCUT2D eigenvalue weighted by atomic mass is 9.85. The van der Waals surface area contributed by atoms with Crippen molar-refractivity contribution in [3.8, 4) is 6.07 Å². The Morgan fingerprint density at radius 3 is 2.68 bits per heavy atom. The second-order valence-corrected chi connectivity index (χ2v) is 7.28. The average Bonchev–Trinajstić information content (AvgIpc) is 3.01. The van der Waals surface area contributed by atoms with Crippen molar-refractivity contribution in [3.63, 3.8) is 0 Å². The average molecular weight is 337 g/mol. The van der Waals surface area contributed by atoms with Crippen LogP contribution in [0.4, 0.5) is 0 Å². The van der Waals surface area contributed by atoms with Crippen molar-refractivity contribution < 1.29 is 0 Å². The Morgan fingerprint density at radius 2 is 2.04 bits per heavy atom. The summed E-state index contributed by atoms with van der Waals surface area (Å²) in [7, 11) is 6.40. The number of rotatable bonds is 5. The van der Waals surface area contributed by atoms with Gasteiger partial charge < -0.3 is 4.90 Å². The Balaban J connectivity index is 1.67. The molecule has 0 aliphatic carbocycles. The Hall–Kier alpha value is -2.16. The summed E-state index contributed by atoms with van der Waals surface area (Å²) in [6.07, 6.45) is 6.67. The molecule has 0 spiro atoms. The number of hydrogen-bond acceptors (Lipinski definition) is 4. The summed E-state index contributed by atoms with van der Waals surface area (Å²) in [5, 5.41) is 13.3. The molecule has 2 atom stereocenters. The molecule has 0 amide bonds. The zero-order chi connectivity index (χ0) is 17.8. The fourth-order valence-electron chi connectivity index (χ4n) is 4.03. The van der Waals surface area contributed by atoms with Crippen molar-refractivity contribution in [2.24, 2.45) is 13.0 Å². The zero-order valence-corrected chi connectivity index (χ0v) is 15.4. The summed E-state index contributed by atoms with van der Waals surface area (Å²) >= 11 is 0. The summed E-state index contributed by atoms with van der Waals surface area (Å²) in [5.74, 6) is 0.603. The van der Waals surface area contributed by atoms with Crippen LogP contribution < -0.4 is 0 Å². The molecule has 5 heteroatoms. The Morgan fingerprint density at radius 1 is 1.28 bits per heavy atom. The van der Waals surface area contributed by atoms with E-state index in [0.717, 1.165) is 25.2 Å². The van der Waals surface area contributed by atoms with Gasteiger partial charge in [-0.2, -0.15) is 10.4 Å². The molecular weight excluding hydrogens is 310 g/mol. The maximum Gasteiger partial charge on any atom is 0.0991 e. The molecule has 0 bridgehead atoms. The molecular formula is C20H27N5. The van der Waals surface area contributed by atoms with E-state index >= 15 is 0 Å². The van der Waals surface area contributed by atoms with Crippen LogP contribution in [-0.2, 0) is 13.6 Å². The standard InChI is InChI=1S/C20H27N5/c1-23(13-17-8-6-16(11-21)7-9-17)14-18-5-4-10-24(2)20(18)19-12-22-25(3)15-19/h6-9,12,15,18,20H,4-5,10,13-14H2,1-3H3/t18-,20+/m0/s1. The van der Waals surface area contributed by atoms with Gasteiger partial charge in [-0.3, -0.25) is 9.58 Å². The highest BCUT2D eigenvalue weighted by molar-refractivity contribution is 5.31. The van der Waals surface area contributed by atoms with Gasteiger partial charge in [-0.05, 0) is 57.1 Å². The molecule has 0 saturated carbocycles. The van der Waals surface area contributed by atoms with Crippen LogP contribution in [-0.4, -0.2) is 46.8 Å². The monoisotopic (exact) mass is 337 g/mol. The Kier molecular flexibility index (Phi) is 5.52. The van der Waals surface area contributed by atoms with Gasteiger partial charge in [-0.25, -0.2) is 0 Å². The molecule has 132 valence electrons. The number of nitrogens with zero attached hydrogens (tertiary/aromatic N) is 5. The molecule has 1 aromatic carbocycles. The van der Waals surface area contributed by atoms with Crippen LogP contribution in [0.3, 0.4) is 0 Å². The maximum atomic E-state index is 8.92. The zero-order valence-electron chi connectivity index (χ0n) is 15.4. The molecule has 1 aliphatic heterocycles. The second-order valence-electron chi connectivity index (χ2n) is 7.28. The van der Waals surface area contributed by atoms with Crippen molar-refractivity contribution in [1.29, 1.82) is 5.26 Å². The molecule has 2 heterocycles. The summed E-state index contributed by atoms with van der Waals surface area (Å²) in [6.45, 7) is 3.12. The van der Waals surface area contributed by atoms with E-state index in [2.05, 4.69) is 53.4 Å². The number of aromatic nitrogens is 2. The van der Waals surface area contributed by atoms with Crippen LogP contribution >= 0.6 is 0 Å². The first-order valence-corrected chi connectivity index (χ1v) is 8.93. The van der Waals surface area contributed by atoms with Gasteiger partial charge in [0, 0.05) is 37.9 Å². The van der Waals surface area contributed by atoms with Gasteiger partial charge in [0.2, 0.25) is 0 Å². The molecule has 3 rings (SSSR count). The van der Waals surface area contributed by atoms with Gasteiger partial charge in [-0.1, -0.05) is 12.1 Å². The SMILES string of the molecule is CN(Cc1ccc(C#N)cc1)C[C@@H]1CCCN(C)[C@H]1c1cnn(C)c1. The largest absolute Gasteiger partial charge is 0.302 e. The summed E-state index contributed by atoms with van der Waals surface area (Å²) in [6, 6.07) is 10.5. The van der Waals surface area contributed by atoms with Gasteiger partial charge in [0.15, 0.2) is 0 Å². The Bertz CT molecular complexity index is 727. The number of hydrogen-bond donors (Lipinski definition) is 0. The topological polar surface area (TPSA) is 48.1 Å². The van der Waals surface area contributed by atoms with Crippen molar-refractivity contribution >= 4 is 0 Å². The summed E-state index contributed by atoms with van der Waals surface area (Å²) < 4.78 is 1.90. The number of likely N-dealkylation sites (tertiary alicyclic amines) is 1. The van der Waals surface area contributed by atoms with Crippen LogP contribution in [0.1, 0.15) is 35.6 Å². The first-order valence-electron chi connectivity index (χ1n) is 8.93. The van der Waals surface area contributed by atoms with E-state index in [-0.39, 0.29) is 0 Å². The predicted molar refractivity (Wildman–Crippen MR) is 98.8 cm³/mol. The fraction of sp³-hybridized carbons (Fsp3) is 0.500. The smallest absolute Gasteiger partial charge is 0.0991 e. The number of aryl methyl sites for hydroxylation is 1. The fourth-order valence-corrected chi connectivity index (χ4v) is 4.03. The first-order chi connectivity index (χ1) is 12.1. The van der Waals surface area contributed by atoms with Crippen molar-refractivity contribution in [3.05, 3.63) is 53.3 Å². The minimum Gasteiger partial charge on any atom is -0.302 e. The van der Waals surface area contributed by atoms with Crippen molar-refractivity contribution in [2.75, 3.05) is 27.2 Å². The molecule has 0 unspecified atom stereocenters. The molecule has 25 heavy (non-hydrogen) atoms. The third-order valence-electron chi connectivity index (χ3n) is 5.16. The van der Waals surface area contributed by atoms with E-state index < -0.39 is 0 Å². The molecule has 5 nitrogen and oxygen atoms in total. The van der Waals surface area contributed by atoms with E-state index in [9.17, 15) is 0 Å². The molecule has 1 aromatic heterocycles. The lowest BCUT2D eigenvalue weighted by molar-refractivity contribution is 0.0926. The van der Waals surface area contributed by atoms with E-state index in [1.165, 1.54) is 24.0 Å². The molecule has 1 fully saturated rings. The van der Waals surface area contributed by atoms with Crippen LogP contribution in [0.15, 0.2) is 36.7 Å². The van der Waals surface area contributed by atoms with E-state index in [0.29, 0.717) is 12.0 Å². The number of piperidine rings is 1. The number of nitriles is 1. The molecule has 0 N–H and O–H groups in total. The van der Waals surface area contributed by atoms with E-state index in [4.69, 9.17) is 5.26 Å². The van der Waals surface area contributed by atoms with Crippen LogP contribution in [0, 0.1) is 17.2 Å². The summed E-state index contributed by atoms with van der Waals surface area (Å²) in [5.41, 5.74) is 3.29. The molecule has 1 saturated heterocycles. The third kappa shape index (κ3) is 4.28. The second kappa shape index (κ2) is 7.81. The van der Waals surface area contributed by atoms with Gasteiger partial charge in [0.25, 0.3) is 0 Å². The highest BCUT2D eigenvalue weighted by atomic mass is 15.3. The highest BCUT2D eigenvalue weighted by Crippen LogP contribution is 2.35. The van der Waals surface area contributed by atoms with E-state index in [1.807, 2.05) is 30.1 Å². The van der Waals surface area contributed by atoms with E-state index in [1.54, 1.807) is 0 Å². The van der Waals surface area contributed by atoms with Gasteiger partial charge in [0.1, 0.15) is 0 Å². The van der Waals surface area contributed by atoms with Crippen molar-refractivity contribution in [2.45, 2.75) is 25.4 Å². The first kappa shape index (κ1) is 17.7. The maximum absolute atomic E-state index is 8.92. The minimum absolute atomic E-state index is 0.436. The van der Waals surface area contributed by atoms with Crippen molar-refractivity contribution in [1.82, 2.24) is 19.6 Å². The van der Waals surface area contributed by atoms with Gasteiger partial charge in [0.05, 0.1) is 17.8 Å². The Labute approximate surface area is 150 Å². The van der Waals surface area contributed by atoms with Gasteiger partial charge in [-0.15, -0.1) is 0 Å². The minimum atomic E-state index is 0.436.